The average Bonchev–Trinajstić information content (AvgIpc) is 2.95. The molecule has 196 valence electrons. The maximum absolute atomic E-state index is 13.9. The first-order valence-electron chi connectivity index (χ1n) is 14.3. The summed E-state index contributed by atoms with van der Waals surface area (Å²) in [7, 11) is 0. The normalized spacial score (nSPS) is 16.2. The third kappa shape index (κ3) is 7.05. The van der Waals surface area contributed by atoms with E-state index in [0.29, 0.717) is 12.5 Å². The number of esters is 1. The second kappa shape index (κ2) is 14.4. The number of carbonyl (C=O) groups is 1. The molecule has 1 fully saturated rings. The smallest absolute Gasteiger partial charge is 0.334 e. The molecule has 0 heterocycles. The molecule has 0 aliphatic heterocycles. The molecule has 0 bridgehead atoms. The first kappa shape index (κ1) is 27.5. The van der Waals surface area contributed by atoms with Crippen LogP contribution in [0.5, 0.6) is 0 Å². The van der Waals surface area contributed by atoms with Gasteiger partial charge in [0, 0.05) is 5.29 Å². The van der Waals surface area contributed by atoms with Crippen molar-refractivity contribution >= 4 is 34.1 Å². The highest BCUT2D eigenvalue weighted by atomic mass is 31.2. The summed E-state index contributed by atoms with van der Waals surface area (Å²) >= 11 is 0. The van der Waals surface area contributed by atoms with Crippen molar-refractivity contribution in [2.75, 3.05) is 6.61 Å². The molecule has 0 aromatic heterocycles. The van der Waals surface area contributed by atoms with Crippen molar-refractivity contribution < 1.29 is 9.53 Å². The highest BCUT2D eigenvalue weighted by Gasteiger charge is 2.31. The Balaban J connectivity index is 1.68. The lowest BCUT2D eigenvalue weighted by Crippen LogP contribution is -2.33. The molecule has 0 saturated heterocycles. The zero-order valence-corrected chi connectivity index (χ0v) is 23.4. The molecule has 4 rings (SSSR count). The minimum Gasteiger partial charge on any atom is -0.462 e. The summed E-state index contributed by atoms with van der Waals surface area (Å²) in [5.41, 5.74) is 0. The SMILES string of the molecule is CC(C(=O)OCC1CCCCCCCCCCC1)=P(c1ccccc1)(c1ccccc1)c1ccccc1. The summed E-state index contributed by atoms with van der Waals surface area (Å²) in [4.78, 5) is 13.9. The Kier molecular flexibility index (Phi) is 10.7. The molecule has 0 N–H and O–H groups in total. The van der Waals surface area contributed by atoms with Crippen molar-refractivity contribution in [3.63, 3.8) is 0 Å². The predicted octanol–water partition coefficient (Wildman–Crippen LogP) is 7.64. The fraction of sp³-hybridized carbons (Fsp3) is 0.412. The van der Waals surface area contributed by atoms with Gasteiger partial charge in [0.2, 0.25) is 0 Å². The zero-order chi connectivity index (χ0) is 25.8. The Bertz CT molecular complexity index is 1020. The van der Waals surface area contributed by atoms with Gasteiger partial charge in [-0.15, -0.1) is 0 Å². The minimum absolute atomic E-state index is 0.143. The molecule has 0 unspecified atom stereocenters. The van der Waals surface area contributed by atoms with Crippen LogP contribution in [-0.2, 0) is 9.53 Å². The van der Waals surface area contributed by atoms with E-state index < -0.39 is 6.89 Å². The van der Waals surface area contributed by atoms with Crippen molar-refractivity contribution in [2.45, 2.75) is 77.6 Å². The lowest BCUT2D eigenvalue weighted by Gasteiger charge is -2.31. The van der Waals surface area contributed by atoms with E-state index in [1.165, 1.54) is 86.5 Å². The summed E-state index contributed by atoms with van der Waals surface area (Å²) in [5.74, 6) is 0.324. The van der Waals surface area contributed by atoms with Crippen LogP contribution in [0.25, 0.3) is 0 Å². The Labute approximate surface area is 224 Å². The van der Waals surface area contributed by atoms with E-state index in [0.717, 1.165) is 5.29 Å². The summed E-state index contributed by atoms with van der Waals surface area (Å²) in [6, 6.07) is 31.7. The lowest BCUT2D eigenvalue weighted by atomic mass is 9.93. The van der Waals surface area contributed by atoms with Gasteiger partial charge in [-0.1, -0.05) is 149 Å². The maximum Gasteiger partial charge on any atom is 0.334 e. The van der Waals surface area contributed by atoms with Crippen molar-refractivity contribution in [1.82, 2.24) is 0 Å². The fourth-order valence-electron chi connectivity index (χ4n) is 5.83. The van der Waals surface area contributed by atoms with Crippen LogP contribution in [0, 0.1) is 5.92 Å². The van der Waals surface area contributed by atoms with E-state index in [-0.39, 0.29) is 5.97 Å². The molecule has 3 aromatic carbocycles. The van der Waals surface area contributed by atoms with Gasteiger partial charge in [-0.25, -0.2) is 4.79 Å². The van der Waals surface area contributed by atoms with Crippen LogP contribution in [0.15, 0.2) is 91.0 Å². The number of rotatable bonds is 6. The Morgan fingerprint density at radius 3 is 1.35 bits per heavy atom. The zero-order valence-electron chi connectivity index (χ0n) is 22.5. The van der Waals surface area contributed by atoms with Gasteiger partial charge in [0.25, 0.3) is 0 Å². The molecular weight excluding hydrogens is 471 g/mol. The Morgan fingerprint density at radius 1 is 0.622 bits per heavy atom. The van der Waals surface area contributed by atoms with Crippen LogP contribution in [0.3, 0.4) is 0 Å². The molecule has 3 heteroatoms. The van der Waals surface area contributed by atoms with Crippen LogP contribution in [0.4, 0.5) is 0 Å². The maximum atomic E-state index is 13.9. The van der Waals surface area contributed by atoms with Gasteiger partial charge in [0.1, 0.15) is 0 Å². The van der Waals surface area contributed by atoms with Crippen LogP contribution in [0.2, 0.25) is 0 Å². The Hall–Kier alpha value is -2.57. The van der Waals surface area contributed by atoms with Crippen molar-refractivity contribution in [1.29, 1.82) is 0 Å². The molecule has 0 atom stereocenters. The largest absolute Gasteiger partial charge is 0.462 e. The van der Waals surface area contributed by atoms with E-state index in [9.17, 15) is 4.79 Å². The molecule has 0 spiro atoms. The lowest BCUT2D eigenvalue weighted by molar-refractivity contribution is -0.136. The molecular formula is C34H43O2P. The summed E-state index contributed by atoms with van der Waals surface area (Å²) < 4.78 is 6.19. The number of benzene rings is 3. The quantitative estimate of drug-likeness (QED) is 0.250. The second-order valence-corrected chi connectivity index (χ2v) is 14.0. The molecule has 0 radical (unpaired) electrons. The summed E-state index contributed by atoms with van der Waals surface area (Å²) in [6.07, 6.45) is 14.3. The third-order valence-corrected chi connectivity index (χ3v) is 12.3. The van der Waals surface area contributed by atoms with Crippen LogP contribution < -0.4 is 15.9 Å². The first-order chi connectivity index (χ1) is 18.2. The topological polar surface area (TPSA) is 26.3 Å². The highest BCUT2D eigenvalue weighted by Crippen LogP contribution is 2.46. The molecule has 37 heavy (non-hydrogen) atoms. The van der Waals surface area contributed by atoms with Crippen LogP contribution in [-0.4, -0.2) is 17.9 Å². The third-order valence-electron chi connectivity index (χ3n) is 7.90. The van der Waals surface area contributed by atoms with Gasteiger partial charge in [0.05, 0.1) is 6.61 Å². The van der Waals surface area contributed by atoms with Gasteiger partial charge in [-0.05, 0) is 48.5 Å². The average molecular weight is 515 g/mol. The van der Waals surface area contributed by atoms with Gasteiger partial charge in [-0.3, -0.25) is 0 Å². The van der Waals surface area contributed by atoms with Crippen LogP contribution >= 0.6 is 6.89 Å². The van der Waals surface area contributed by atoms with E-state index in [2.05, 4.69) is 72.8 Å². The Morgan fingerprint density at radius 2 is 0.973 bits per heavy atom. The number of carbonyl (C=O) groups excluding carboxylic acids is 1. The van der Waals surface area contributed by atoms with Gasteiger partial charge in [-0.2, -0.15) is 0 Å². The number of hydrogen-bond donors (Lipinski definition) is 0. The predicted molar refractivity (Wildman–Crippen MR) is 161 cm³/mol. The number of hydrogen-bond acceptors (Lipinski definition) is 2. The molecule has 1 saturated carbocycles. The molecule has 1 aliphatic rings. The van der Waals surface area contributed by atoms with Gasteiger partial charge in [0.15, 0.2) is 0 Å². The van der Waals surface area contributed by atoms with Crippen molar-refractivity contribution in [3.8, 4) is 0 Å². The second-order valence-electron chi connectivity index (χ2n) is 10.5. The van der Waals surface area contributed by atoms with Gasteiger partial charge < -0.3 is 4.74 Å². The molecule has 2 nitrogen and oxygen atoms in total. The van der Waals surface area contributed by atoms with E-state index >= 15 is 0 Å². The number of ether oxygens (including phenoxy) is 1. The first-order valence-corrected chi connectivity index (χ1v) is 16.1. The summed E-state index contributed by atoms with van der Waals surface area (Å²) in [5, 5.41) is 4.39. The van der Waals surface area contributed by atoms with Crippen molar-refractivity contribution in [3.05, 3.63) is 91.0 Å². The fourth-order valence-corrected chi connectivity index (χ4v) is 10.1. The van der Waals surface area contributed by atoms with Crippen LogP contribution in [0.1, 0.15) is 77.6 Å². The van der Waals surface area contributed by atoms with E-state index in [1.54, 1.807) is 0 Å². The monoisotopic (exact) mass is 514 g/mol. The molecule has 0 amide bonds. The minimum atomic E-state index is -2.37. The standard InChI is InChI=1S/C34H43O2P/c1-29(34(35)36-28-30-20-12-7-5-3-2-4-6-8-13-21-30)37(31-22-14-9-15-23-31,32-24-16-10-17-25-32)33-26-18-11-19-27-33/h9-11,14-19,22-27,30H,2-8,12-13,20-21,28H2,1H3. The van der Waals surface area contributed by atoms with Crippen molar-refractivity contribution in [2.24, 2.45) is 5.92 Å². The van der Waals surface area contributed by atoms with Gasteiger partial charge >= 0.3 is 5.97 Å². The summed E-state index contributed by atoms with van der Waals surface area (Å²) in [6.45, 7) is 0.187. The molecule has 3 aromatic rings. The highest BCUT2D eigenvalue weighted by molar-refractivity contribution is 7.96. The van der Waals surface area contributed by atoms with E-state index in [4.69, 9.17) is 4.74 Å². The molecule has 1 aliphatic carbocycles. The van der Waals surface area contributed by atoms with E-state index in [1.807, 2.05) is 25.1 Å².